The Balaban J connectivity index is 1.79. The Morgan fingerprint density at radius 1 is 1.20 bits per heavy atom. The van der Waals surface area contributed by atoms with Crippen LogP contribution in [0, 0.1) is 6.92 Å². The summed E-state index contributed by atoms with van der Waals surface area (Å²) in [6.07, 6.45) is 0.691. The lowest BCUT2D eigenvalue weighted by molar-refractivity contribution is 0.0596. The van der Waals surface area contributed by atoms with Crippen molar-refractivity contribution in [1.82, 2.24) is 0 Å². The monoisotopic (exact) mass is 339 g/mol. The number of aryl methyl sites for hydroxylation is 1. The lowest BCUT2D eigenvalue weighted by Gasteiger charge is -2.15. The van der Waals surface area contributed by atoms with Crippen LogP contribution in [0.3, 0.4) is 0 Å². The van der Waals surface area contributed by atoms with Crippen molar-refractivity contribution in [3.8, 4) is 5.75 Å². The van der Waals surface area contributed by atoms with Gasteiger partial charge in [0.25, 0.3) is 0 Å². The first kappa shape index (κ1) is 17.0. The van der Waals surface area contributed by atoms with Gasteiger partial charge in [0.2, 0.25) is 0 Å². The molecular weight excluding hydrogens is 318 g/mol. The van der Waals surface area contributed by atoms with Crippen molar-refractivity contribution in [3.63, 3.8) is 0 Å². The SMILES string of the molecule is COC(=O)c1c(OCC(N)Cc2ccccc2)ccc2cc(C)oc12. The normalized spacial score (nSPS) is 12.1. The van der Waals surface area contributed by atoms with Crippen LogP contribution in [0.5, 0.6) is 5.75 Å². The Morgan fingerprint density at radius 2 is 1.96 bits per heavy atom. The van der Waals surface area contributed by atoms with Gasteiger partial charge in [-0.15, -0.1) is 0 Å². The average Bonchev–Trinajstić information content (AvgIpc) is 2.99. The summed E-state index contributed by atoms with van der Waals surface area (Å²) in [5.41, 5.74) is 8.07. The van der Waals surface area contributed by atoms with E-state index in [2.05, 4.69) is 0 Å². The van der Waals surface area contributed by atoms with Crippen LogP contribution >= 0.6 is 0 Å². The molecule has 25 heavy (non-hydrogen) atoms. The number of fused-ring (bicyclic) bond motifs is 1. The molecule has 1 unspecified atom stereocenters. The fourth-order valence-electron chi connectivity index (χ4n) is 2.80. The van der Waals surface area contributed by atoms with Gasteiger partial charge in [-0.05, 0) is 37.1 Å². The van der Waals surface area contributed by atoms with Gasteiger partial charge in [-0.3, -0.25) is 0 Å². The molecule has 0 spiro atoms. The molecule has 0 bridgehead atoms. The van der Waals surface area contributed by atoms with Gasteiger partial charge in [0.15, 0.2) is 5.58 Å². The molecule has 2 aromatic carbocycles. The van der Waals surface area contributed by atoms with Gasteiger partial charge >= 0.3 is 5.97 Å². The zero-order valence-electron chi connectivity index (χ0n) is 14.3. The molecule has 3 aromatic rings. The number of esters is 1. The van der Waals surface area contributed by atoms with Crippen LogP contribution in [-0.2, 0) is 11.2 Å². The van der Waals surface area contributed by atoms with Crippen LogP contribution in [0.1, 0.15) is 21.7 Å². The number of methoxy groups -OCH3 is 1. The predicted molar refractivity (Wildman–Crippen MR) is 95.9 cm³/mol. The molecule has 0 aliphatic carbocycles. The fourth-order valence-corrected chi connectivity index (χ4v) is 2.80. The highest BCUT2D eigenvalue weighted by Gasteiger charge is 2.21. The van der Waals surface area contributed by atoms with Crippen molar-refractivity contribution in [2.45, 2.75) is 19.4 Å². The molecule has 3 rings (SSSR count). The maximum absolute atomic E-state index is 12.2. The number of rotatable bonds is 6. The van der Waals surface area contributed by atoms with Crippen molar-refractivity contribution in [1.29, 1.82) is 0 Å². The highest BCUT2D eigenvalue weighted by molar-refractivity contribution is 6.04. The van der Waals surface area contributed by atoms with Crippen molar-refractivity contribution in [2.24, 2.45) is 5.73 Å². The van der Waals surface area contributed by atoms with Gasteiger partial charge in [0.05, 0.1) is 7.11 Å². The van der Waals surface area contributed by atoms with Gasteiger partial charge in [-0.1, -0.05) is 30.3 Å². The van der Waals surface area contributed by atoms with E-state index in [-0.39, 0.29) is 12.6 Å². The number of benzene rings is 2. The topological polar surface area (TPSA) is 74.7 Å². The quantitative estimate of drug-likeness (QED) is 0.696. The number of carbonyl (C=O) groups is 1. The Labute approximate surface area is 146 Å². The summed E-state index contributed by atoms with van der Waals surface area (Å²) in [6, 6.07) is 15.3. The second-order valence-corrected chi connectivity index (χ2v) is 5.97. The zero-order chi connectivity index (χ0) is 17.8. The van der Waals surface area contributed by atoms with E-state index in [9.17, 15) is 4.79 Å². The van der Waals surface area contributed by atoms with E-state index < -0.39 is 5.97 Å². The molecule has 1 aromatic heterocycles. The first-order valence-corrected chi connectivity index (χ1v) is 8.12. The molecule has 0 saturated heterocycles. The number of ether oxygens (including phenoxy) is 2. The molecule has 2 N–H and O–H groups in total. The Hall–Kier alpha value is -2.79. The standard InChI is InChI=1S/C20H21NO4/c1-13-10-15-8-9-17(18(19(15)25-13)20(22)23-2)24-12-16(21)11-14-6-4-3-5-7-14/h3-10,16H,11-12,21H2,1-2H3. The van der Waals surface area contributed by atoms with Gasteiger partial charge in [-0.25, -0.2) is 4.79 Å². The first-order chi connectivity index (χ1) is 12.1. The van der Waals surface area contributed by atoms with Gasteiger partial charge in [0.1, 0.15) is 23.7 Å². The van der Waals surface area contributed by atoms with Crippen molar-refractivity contribution < 1.29 is 18.7 Å². The van der Waals surface area contributed by atoms with Gasteiger partial charge in [0, 0.05) is 11.4 Å². The Kier molecular flexibility index (Phi) is 5.05. The van der Waals surface area contributed by atoms with Crippen LogP contribution in [0.2, 0.25) is 0 Å². The molecule has 0 aliphatic heterocycles. The largest absolute Gasteiger partial charge is 0.491 e. The summed E-state index contributed by atoms with van der Waals surface area (Å²) in [6.45, 7) is 2.11. The average molecular weight is 339 g/mol. The molecule has 1 atom stereocenters. The minimum Gasteiger partial charge on any atom is -0.491 e. The first-order valence-electron chi connectivity index (χ1n) is 8.12. The Bertz CT molecular complexity index is 870. The second-order valence-electron chi connectivity index (χ2n) is 5.97. The highest BCUT2D eigenvalue weighted by atomic mass is 16.5. The molecule has 5 nitrogen and oxygen atoms in total. The van der Waals surface area contributed by atoms with Crippen molar-refractivity contribution >= 4 is 16.9 Å². The Morgan fingerprint density at radius 3 is 2.68 bits per heavy atom. The minimum atomic E-state index is -0.494. The van der Waals surface area contributed by atoms with Crippen LogP contribution in [0.25, 0.3) is 11.0 Å². The number of nitrogens with two attached hydrogens (primary N) is 1. The van der Waals surface area contributed by atoms with Crippen LogP contribution < -0.4 is 10.5 Å². The number of hydrogen-bond acceptors (Lipinski definition) is 5. The molecule has 0 aliphatic rings. The molecule has 130 valence electrons. The minimum absolute atomic E-state index is 0.193. The summed E-state index contributed by atoms with van der Waals surface area (Å²) in [5.74, 6) is 0.641. The maximum Gasteiger partial charge on any atom is 0.345 e. The maximum atomic E-state index is 12.2. The van der Waals surface area contributed by atoms with E-state index >= 15 is 0 Å². The van der Waals surface area contributed by atoms with Gasteiger partial charge in [-0.2, -0.15) is 0 Å². The highest BCUT2D eigenvalue weighted by Crippen LogP contribution is 2.31. The molecule has 0 radical (unpaired) electrons. The summed E-state index contributed by atoms with van der Waals surface area (Å²) >= 11 is 0. The molecule has 0 amide bonds. The number of furan rings is 1. The van der Waals surface area contributed by atoms with E-state index in [0.717, 1.165) is 16.7 Å². The zero-order valence-corrected chi connectivity index (χ0v) is 14.3. The van der Waals surface area contributed by atoms with Gasteiger partial charge < -0.3 is 19.6 Å². The van der Waals surface area contributed by atoms with Crippen molar-refractivity contribution in [3.05, 3.63) is 65.4 Å². The summed E-state index contributed by atoms with van der Waals surface area (Å²) in [5, 5.41) is 0.832. The number of hydrogen-bond donors (Lipinski definition) is 1. The van der Waals surface area contributed by atoms with E-state index in [4.69, 9.17) is 19.6 Å². The smallest absolute Gasteiger partial charge is 0.345 e. The van der Waals surface area contributed by atoms with Crippen molar-refractivity contribution in [2.75, 3.05) is 13.7 Å². The molecular formula is C20H21NO4. The third kappa shape index (κ3) is 3.83. The lowest BCUT2D eigenvalue weighted by Crippen LogP contribution is -2.30. The predicted octanol–water partition coefficient (Wildman–Crippen LogP) is 3.48. The van der Waals surface area contributed by atoms with E-state index in [1.165, 1.54) is 7.11 Å². The molecule has 0 saturated carbocycles. The van der Waals surface area contributed by atoms with E-state index in [1.807, 2.05) is 49.4 Å². The summed E-state index contributed by atoms with van der Waals surface area (Å²) in [7, 11) is 1.34. The number of carbonyl (C=O) groups excluding carboxylic acids is 1. The third-order valence-corrected chi connectivity index (χ3v) is 3.95. The summed E-state index contributed by atoms with van der Waals surface area (Å²) in [4.78, 5) is 12.2. The molecule has 1 heterocycles. The fraction of sp³-hybridized carbons (Fsp3) is 0.250. The van der Waals surface area contributed by atoms with Crippen LogP contribution in [-0.4, -0.2) is 25.7 Å². The van der Waals surface area contributed by atoms with Crippen LogP contribution in [0.4, 0.5) is 0 Å². The molecule has 0 fully saturated rings. The second kappa shape index (κ2) is 7.40. The third-order valence-electron chi connectivity index (χ3n) is 3.95. The van der Waals surface area contributed by atoms with E-state index in [1.54, 1.807) is 6.07 Å². The van der Waals surface area contributed by atoms with Crippen LogP contribution in [0.15, 0.2) is 52.9 Å². The summed E-state index contributed by atoms with van der Waals surface area (Å²) < 4.78 is 16.4. The lowest BCUT2D eigenvalue weighted by atomic mass is 10.1. The molecule has 5 heteroatoms. The van der Waals surface area contributed by atoms with E-state index in [0.29, 0.717) is 23.3 Å².